The van der Waals surface area contributed by atoms with Crippen LogP contribution in [0.4, 0.5) is 11.4 Å². The van der Waals surface area contributed by atoms with Gasteiger partial charge in [0.25, 0.3) is 10.0 Å². The lowest BCUT2D eigenvalue weighted by atomic mass is 9.48. The molecular formula is C32H36N2O3S. The number of carbonyl (C=O) groups excluding carboxylic acids is 1. The van der Waals surface area contributed by atoms with Crippen LogP contribution in [0, 0.1) is 17.8 Å². The van der Waals surface area contributed by atoms with Crippen LogP contribution in [0.1, 0.15) is 56.6 Å². The van der Waals surface area contributed by atoms with E-state index in [9.17, 15) is 13.2 Å². The predicted octanol–water partition coefficient (Wildman–Crippen LogP) is 6.55. The van der Waals surface area contributed by atoms with Crippen LogP contribution in [0.15, 0.2) is 83.8 Å². The van der Waals surface area contributed by atoms with E-state index >= 15 is 0 Å². The number of nitrogens with zero attached hydrogens (tertiary/aromatic N) is 1. The van der Waals surface area contributed by atoms with E-state index in [0.29, 0.717) is 23.2 Å². The monoisotopic (exact) mass is 528 g/mol. The van der Waals surface area contributed by atoms with Crippen molar-refractivity contribution >= 4 is 27.3 Å². The highest BCUT2D eigenvalue weighted by molar-refractivity contribution is 7.92. The molecule has 0 spiro atoms. The maximum absolute atomic E-state index is 13.7. The second-order valence-corrected chi connectivity index (χ2v) is 13.5. The molecule has 38 heavy (non-hydrogen) atoms. The van der Waals surface area contributed by atoms with Crippen LogP contribution in [0.5, 0.6) is 0 Å². The van der Waals surface area contributed by atoms with E-state index in [1.165, 1.54) is 48.4 Å². The van der Waals surface area contributed by atoms with Gasteiger partial charge in [-0.1, -0.05) is 55.5 Å². The van der Waals surface area contributed by atoms with Crippen LogP contribution in [0.2, 0.25) is 0 Å². The van der Waals surface area contributed by atoms with Gasteiger partial charge in [-0.2, -0.15) is 0 Å². The van der Waals surface area contributed by atoms with Crippen molar-refractivity contribution in [3.05, 3.63) is 90.0 Å². The van der Waals surface area contributed by atoms with Gasteiger partial charge in [-0.25, -0.2) is 8.42 Å². The van der Waals surface area contributed by atoms with Gasteiger partial charge in [0.15, 0.2) is 0 Å². The van der Waals surface area contributed by atoms with Gasteiger partial charge in [-0.05, 0) is 110 Å². The van der Waals surface area contributed by atoms with Crippen LogP contribution in [0.25, 0.3) is 0 Å². The zero-order valence-corrected chi connectivity index (χ0v) is 22.8. The van der Waals surface area contributed by atoms with E-state index in [0.717, 1.165) is 23.3 Å². The van der Waals surface area contributed by atoms with Gasteiger partial charge in [0.05, 0.1) is 10.6 Å². The maximum atomic E-state index is 13.7. The van der Waals surface area contributed by atoms with E-state index in [1.807, 2.05) is 37.3 Å². The Labute approximate surface area is 226 Å². The zero-order chi connectivity index (χ0) is 26.3. The number of rotatable bonds is 8. The lowest BCUT2D eigenvalue weighted by Crippen LogP contribution is -2.48. The SMILES string of the molecule is CCc1ccccc1N(CC(=O)Nc1ccc(C23CC4CC(CC(C4)C2)C3)cc1)S(=O)(=O)c1ccccc1. The largest absolute Gasteiger partial charge is 0.325 e. The molecule has 1 N–H and O–H groups in total. The standard InChI is InChI=1S/C32H36N2O3S/c1-2-26-8-6-7-11-30(26)34(38(36,37)29-9-4-3-5-10-29)22-31(35)33-28-14-12-27(13-15-28)32-19-23-16-24(20-32)18-25(17-23)21-32/h3-15,23-25H,2,16-22H2,1H3,(H,33,35). The normalized spacial score (nSPS) is 25.8. The zero-order valence-electron chi connectivity index (χ0n) is 22.0. The van der Waals surface area contributed by atoms with Crippen LogP contribution >= 0.6 is 0 Å². The number of aryl methyl sites for hydroxylation is 1. The lowest BCUT2D eigenvalue weighted by Gasteiger charge is -2.57. The summed E-state index contributed by atoms with van der Waals surface area (Å²) in [4.78, 5) is 13.4. The molecule has 0 aromatic heterocycles. The van der Waals surface area contributed by atoms with Crippen LogP contribution in [-0.4, -0.2) is 20.9 Å². The van der Waals surface area contributed by atoms with E-state index in [2.05, 4.69) is 17.4 Å². The average molecular weight is 529 g/mol. The number of anilines is 2. The average Bonchev–Trinajstić information content (AvgIpc) is 2.92. The van der Waals surface area contributed by atoms with E-state index in [-0.39, 0.29) is 17.3 Å². The molecule has 0 atom stereocenters. The first kappa shape index (κ1) is 25.2. The van der Waals surface area contributed by atoms with Crippen molar-refractivity contribution in [3.63, 3.8) is 0 Å². The molecule has 3 aromatic carbocycles. The number of amides is 1. The molecule has 6 heteroatoms. The molecule has 0 heterocycles. The molecule has 1 amide bonds. The molecule has 0 radical (unpaired) electrons. The smallest absolute Gasteiger partial charge is 0.264 e. The molecule has 4 saturated carbocycles. The molecule has 5 nitrogen and oxygen atoms in total. The Hall–Kier alpha value is -3.12. The summed E-state index contributed by atoms with van der Waals surface area (Å²) in [6, 6.07) is 24.0. The third kappa shape index (κ3) is 4.64. The Kier molecular flexibility index (Phi) is 6.55. The van der Waals surface area contributed by atoms with Crippen molar-refractivity contribution < 1.29 is 13.2 Å². The third-order valence-corrected chi connectivity index (χ3v) is 10.9. The lowest BCUT2D eigenvalue weighted by molar-refractivity contribution is -0.114. The molecule has 4 aliphatic rings. The molecule has 4 aliphatic carbocycles. The van der Waals surface area contributed by atoms with E-state index < -0.39 is 10.0 Å². The number of sulfonamides is 1. The summed E-state index contributed by atoms with van der Waals surface area (Å²) in [6.07, 6.45) is 8.80. The summed E-state index contributed by atoms with van der Waals surface area (Å²) >= 11 is 0. The fraction of sp³-hybridized carbons (Fsp3) is 0.406. The summed E-state index contributed by atoms with van der Waals surface area (Å²) < 4.78 is 28.6. The molecule has 4 bridgehead atoms. The van der Waals surface area contributed by atoms with Gasteiger partial charge in [0, 0.05) is 5.69 Å². The molecule has 4 fully saturated rings. The first-order valence-corrected chi connectivity index (χ1v) is 15.4. The Balaban J connectivity index is 1.22. The molecule has 0 aliphatic heterocycles. The topological polar surface area (TPSA) is 66.5 Å². The highest BCUT2D eigenvalue weighted by Gasteiger charge is 2.51. The predicted molar refractivity (Wildman–Crippen MR) is 152 cm³/mol. The van der Waals surface area contributed by atoms with E-state index in [4.69, 9.17) is 0 Å². The van der Waals surface area contributed by atoms with Gasteiger partial charge in [0.1, 0.15) is 6.54 Å². The highest BCUT2D eigenvalue weighted by atomic mass is 32.2. The summed E-state index contributed by atoms with van der Waals surface area (Å²) in [7, 11) is -3.93. The fourth-order valence-electron chi connectivity index (χ4n) is 7.77. The quantitative estimate of drug-likeness (QED) is 0.360. The molecule has 0 unspecified atom stereocenters. The molecule has 198 valence electrons. The van der Waals surface area contributed by atoms with Crippen molar-refractivity contribution in [2.24, 2.45) is 17.8 Å². The Morgan fingerprint density at radius 1 is 0.842 bits per heavy atom. The van der Waals surface area contributed by atoms with Crippen molar-refractivity contribution in [3.8, 4) is 0 Å². The number of benzene rings is 3. The minimum atomic E-state index is -3.93. The Morgan fingerprint density at radius 2 is 1.42 bits per heavy atom. The number of hydrogen-bond acceptors (Lipinski definition) is 3. The van der Waals surface area contributed by atoms with Crippen molar-refractivity contribution in [1.82, 2.24) is 0 Å². The maximum Gasteiger partial charge on any atom is 0.264 e. The van der Waals surface area contributed by atoms with Gasteiger partial charge >= 0.3 is 0 Å². The Bertz CT molecular complexity index is 1380. The van der Waals surface area contributed by atoms with Gasteiger partial charge in [-0.15, -0.1) is 0 Å². The summed E-state index contributed by atoms with van der Waals surface area (Å²) in [5.74, 6) is 2.27. The summed E-state index contributed by atoms with van der Waals surface area (Å²) in [5, 5.41) is 2.96. The highest BCUT2D eigenvalue weighted by Crippen LogP contribution is 2.60. The number of carbonyl (C=O) groups is 1. The fourth-order valence-corrected chi connectivity index (χ4v) is 9.25. The van der Waals surface area contributed by atoms with E-state index in [1.54, 1.807) is 36.4 Å². The Morgan fingerprint density at radius 3 is 2.03 bits per heavy atom. The molecule has 0 saturated heterocycles. The third-order valence-electron chi connectivity index (χ3n) is 9.08. The first-order chi connectivity index (χ1) is 18.4. The van der Waals surface area contributed by atoms with Gasteiger partial charge < -0.3 is 5.32 Å². The first-order valence-electron chi connectivity index (χ1n) is 13.9. The number of para-hydroxylation sites is 1. The van der Waals surface area contributed by atoms with Gasteiger partial charge in [0.2, 0.25) is 5.91 Å². The van der Waals surface area contributed by atoms with Crippen LogP contribution < -0.4 is 9.62 Å². The van der Waals surface area contributed by atoms with Crippen molar-refractivity contribution in [2.75, 3.05) is 16.2 Å². The van der Waals surface area contributed by atoms with Crippen LogP contribution in [0.3, 0.4) is 0 Å². The minimum absolute atomic E-state index is 0.165. The van der Waals surface area contributed by atoms with Crippen molar-refractivity contribution in [1.29, 1.82) is 0 Å². The molecule has 3 aromatic rings. The van der Waals surface area contributed by atoms with Crippen LogP contribution in [-0.2, 0) is 26.7 Å². The van der Waals surface area contributed by atoms with Gasteiger partial charge in [-0.3, -0.25) is 9.10 Å². The number of hydrogen-bond donors (Lipinski definition) is 1. The van der Waals surface area contributed by atoms with Crippen molar-refractivity contribution in [2.45, 2.75) is 62.2 Å². The molecular weight excluding hydrogens is 492 g/mol. The summed E-state index contributed by atoms with van der Waals surface area (Å²) in [6.45, 7) is 1.68. The second-order valence-electron chi connectivity index (χ2n) is 11.6. The second kappa shape index (κ2) is 9.88. The molecule has 7 rings (SSSR count). The summed E-state index contributed by atoms with van der Waals surface area (Å²) in [5.41, 5.74) is 3.82. The number of nitrogens with one attached hydrogen (secondary N) is 1. The minimum Gasteiger partial charge on any atom is -0.325 e.